The highest BCUT2D eigenvalue weighted by atomic mass is 79.9. The summed E-state index contributed by atoms with van der Waals surface area (Å²) in [7, 11) is -3.87. The van der Waals surface area contributed by atoms with Crippen LogP contribution in [0, 0.1) is 0 Å². The molecule has 0 atom stereocenters. The molecule has 3 aromatic carbocycles. The molecule has 6 nitrogen and oxygen atoms in total. The van der Waals surface area contributed by atoms with Crippen LogP contribution in [0.25, 0.3) is 11.1 Å². The molecule has 160 valence electrons. The lowest BCUT2D eigenvalue weighted by Crippen LogP contribution is -2.43. The molecule has 0 fully saturated rings. The van der Waals surface area contributed by atoms with Crippen LogP contribution in [-0.4, -0.2) is 34.0 Å². The van der Waals surface area contributed by atoms with E-state index in [-0.39, 0.29) is 24.6 Å². The zero-order valence-corrected chi connectivity index (χ0v) is 19.4. The van der Waals surface area contributed by atoms with E-state index in [1.807, 2.05) is 6.07 Å². The highest BCUT2D eigenvalue weighted by Gasteiger charge is 2.35. The summed E-state index contributed by atoms with van der Waals surface area (Å²) in [5, 5.41) is 3.32. The van der Waals surface area contributed by atoms with Crippen molar-refractivity contribution in [3.05, 3.63) is 76.2 Å². The van der Waals surface area contributed by atoms with Gasteiger partial charge in [0.25, 0.3) is 10.0 Å². The van der Waals surface area contributed by atoms with Crippen molar-refractivity contribution in [1.82, 2.24) is 5.32 Å². The first-order chi connectivity index (χ1) is 14.9. The van der Waals surface area contributed by atoms with Gasteiger partial charge in [-0.1, -0.05) is 45.7 Å². The molecule has 0 radical (unpaired) electrons. The zero-order chi connectivity index (χ0) is 22.0. The molecular formula is C22H18BrClN2O4S. The van der Waals surface area contributed by atoms with Crippen LogP contribution in [0.15, 0.2) is 76.1 Å². The van der Waals surface area contributed by atoms with Gasteiger partial charge in [-0.05, 0) is 48.5 Å². The Labute approximate surface area is 194 Å². The predicted octanol–water partition coefficient (Wildman–Crippen LogP) is 4.47. The van der Waals surface area contributed by atoms with E-state index in [2.05, 4.69) is 21.2 Å². The van der Waals surface area contributed by atoms with Gasteiger partial charge >= 0.3 is 0 Å². The molecular weight excluding hydrogens is 504 g/mol. The van der Waals surface area contributed by atoms with Crippen LogP contribution in [0.3, 0.4) is 0 Å². The first kappa shape index (κ1) is 21.7. The molecule has 1 N–H and O–H groups in total. The fourth-order valence-electron chi connectivity index (χ4n) is 3.35. The molecule has 0 aromatic heterocycles. The van der Waals surface area contributed by atoms with Gasteiger partial charge in [0.05, 0.1) is 17.1 Å². The highest BCUT2D eigenvalue weighted by Crippen LogP contribution is 2.43. The lowest BCUT2D eigenvalue weighted by molar-refractivity contribution is -0.119. The summed E-state index contributed by atoms with van der Waals surface area (Å²) in [6.45, 7) is 0.151. The van der Waals surface area contributed by atoms with Gasteiger partial charge in [0.2, 0.25) is 5.91 Å². The Balaban J connectivity index is 1.47. The Morgan fingerprint density at radius 1 is 1.03 bits per heavy atom. The first-order valence-electron chi connectivity index (χ1n) is 9.43. The maximum atomic E-state index is 13.2. The van der Waals surface area contributed by atoms with E-state index in [9.17, 15) is 13.2 Å². The van der Waals surface area contributed by atoms with Crippen molar-refractivity contribution in [2.45, 2.75) is 4.90 Å². The number of amides is 1. The van der Waals surface area contributed by atoms with Gasteiger partial charge in [-0.3, -0.25) is 9.10 Å². The van der Waals surface area contributed by atoms with Crippen LogP contribution in [0.1, 0.15) is 0 Å². The molecule has 31 heavy (non-hydrogen) atoms. The van der Waals surface area contributed by atoms with Gasteiger partial charge in [-0.15, -0.1) is 0 Å². The fraction of sp³-hybridized carbons (Fsp3) is 0.136. The normalized spacial score (nSPS) is 13.8. The maximum Gasteiger partial charge on any atom is 0.265 e. The number of hydrogen-bond acceptors (Lipinski definition) is 4. The van der Waals surface area contributed by atoms with Crippen molar-refractivity contribution < 1.29 is 17.9 Å². The SMILES string of the molecule is O=C(CN1c2ccc(Br)cc2-c2ccccc2S1(=O)=O)NCCOc1ccc(Cl)cc1. The molecule has 3 aromatic rings. The number of benzene rings is 3. The van der Waals surface area contributed by atoms with E-state index in [1.165, 1.54) is 0 Å². The largest absolute Gasteiger partial charge is 0.492 e. The second kappa shape index (κ2) is 8.90. The Morgan fingerprint density at radius 3 is 2.55 bits per heavy atom. The molecule has 0 spiro atoms. The number of sulfonamides is 1. The van der Waals surface area contributed by atoms with Crippen molar-refractivity contribution in [2.24, 2.45) is 0 Å². The molecule has 1 heterocycles. The summed E-state index contributed by atoms with van der Waals surface area (Å²) in [5.41, 5.74) is 1.83. The van der Waals surface area contributed by atoms with Crippen molar-refractivity contribution in [3.63, 3.8) is 0 Å². The number of rotatable bonds is 6. The third-order valence-corrected chi connectivity index (χ3v) is 7.33. The van der Waals surface area contributed by atoms with E-state index in [0.717, 1.165) is 14.3 Å². The average Bonchev–Trinajstić information content (AvgIpc) is 2.76. The van der Waals surface area contributed by atoms with Crippen LogP contribution >= 0.6 is 27.5 Å². The number of hydrogen-bond donors (Lipinski definition) is 1. The predicted molar refractivity (Wildman–Crippen MR) is 124 cm³/mol. The second-order valence-electron chi connectivity index (χ2n) is 6.82. The summed E-state index contributed by atoms with van der Waals surface area (Å²) < 4.78 is 34.0. The van der Waals surface area contributed by atoms with E-state index in [1.54, 1.807) is 60.7 Å². The molecule has 0 unspecified atom stereocenters. The Kier molecular flexibility index (Phi) is 6.22. The fourth-order valence-corrected chi connectivity index (χ4v) is 5.49. The Morgan fingerprint density at radius 2 is 1.77 bits per heavy atom. The number of halogens is 2. The minimum absolute atomic E-state index is 0.180. The average molecular weight is 522 g/mol. The topological polar surface area (TPSA) is 75.7 Å². The number of carbonyl (C=O) groups is 1. The summed E-state index contributed by atoms with van der Waals surface area (Å²) >= 11 is 9.28. The van der Waals surface area contributed by atoms with E-state index in [0.29, 0.717) is 22.0 Å². The minimum atomic E-state index is -3.87. The van der Waals surface area contributed by atoms with Gasteiger partial charge in [-0.2, -0.15) is 0 Å². The first-order valence-corrected chi connectivity index (χ1v) is 12.0. The third kappa shape index (κ3) is 4.56. The smallest absolute Gasteiger partial charge is 0.265 e. The quantitative estimate of drug-likeness (QED) is 0.486. The Bertz CT molecular complexity index is 1230. The number of fused-ring (bicyclic) bond motifs is 3. The van der Waals surface area contributed by atoms with Crippen molar-refractivity contribution in [2.75, 3.05) is 24.0 Å². The highest BCUT2D eigenvalue weighted by molar-refractivity contribution is 9.10. The molecule has 1 amide bonds. The Hall–Kier alpha value is -2.55. The zero-order valence-electron chi connectivity index (χ0n) is 16.2. The van der Waals surface area contributed by atoms with Crippen molar-refractivity contribution in [1.29, 1.82) is 0 Å². The van der Waals surface area contributed by atoms with Crippen LogP contribution < -0.4 is 14.4 Å². The maximum absolute atomic E-state index is 13.2. The molecule has 0 saturated heterocycles. The van der Waals surface area contributed by atoms with Gasteiger partial charge in [0.1, 0.15) is 18.9 Å². The minimum Gasteiger partial charge on any atom is -0.492 e. The van der Waals surface area contributed by atoms with Crippen LogP contribution in [0.2, 0.25) is 5.02 Å². The number of nitrogens with one attached hydrogen (secondary N) is 1. The van der Waals surface area contributed by atoms with Crippen LogP contribution in [0.5, 0.6) is 5.75 Å². The number of anilines is 1. The van der Waals surface area contributed by atoms with E-state index in [4.69, 9.17) is 16.3 Å². The van der Waals surface area contributed by atoms with Gasteiger partial charge in [-0.25, -0.2) is 8.42 Å². The van der Waals surface area contributed by atoms with E-state index >= 15 is 0 Å². The van der Waals surface area contributed by atoms with Gasteiger partial charge in [0.15, 0.2) is 0 Å². The summed E-state index contributed by atoms with van der Waals surface area (Å²) in [4.78, 5) is 12.7. The van der Waals surface area contributed by atoms with Gasteiger partial charge in [0, 0.05) is 20.6 Å². The molecule has 0 bridgehead atoms. The lowest BCUT2D eigenvalue weighted by atomic mass is 10.0. The molecule has 0 aliphatic carbocycles. The standard InChI is InChI=1S/C22H18BrClN2O4S/c23-15-5-10-20-19(13-15)18-3-1-2-4-21(18)31(28,29)26(20)14-22(27)25-11-12-30-17-8-6-16(24)7-9-17/h1-10,13H,11-12,14H2,(H,25,27). The second-order valence-corrected chi connectivity index (χ2v) is 10.0. The van der Waals surface area contributed by atoms with E-state index < -0.39 is 15.9 Å². The number of ether oxygens (including phenoxy) is 1. The van der Waals surface area contributed by atoms with Crippen LogP contribution in [0.4, 0.5) is 5.69 Å². The molecule has 4 rings (SSSR count). The molecule has 1 aliphatic rings. The number of nitrogens with zero attached hydrogens (tertiary/aromatic N) is 1. The van der Waals surface area contributed by atoms with Gasteiger partial charge < -0.3 is 10.1 Å². The third-order valence-electron chi connectivity index (χ3n) is 4.77. The summed E-state index contributed by atoms with van der Waals surface area (Å²) in [6, 6.07) is 19.0. The van der Waals surface area contributed by atoms with Crippen LogP contribution in [-0.2, 0) is 14.8 Å². The summed E-state index contributed by atoms with van der Waals surface area (Å²) in [5.74, 6) is 0.213. The number of carbonyl (C=O) groups excluding carboxylic acids is 1. The lowest BCUT2D eigenvalue weighted by Gasteiger charge is -2.31. The summed E-state index contributed by atoms with van der Waals surface area (Å²) in [6.07, 6.45) is 0. The molecule has 1 aliphatic heterocycles. The van der Waals surface area contributed by atoms with Crippen molar-refractivity contribution >= 4 is 49.1 Å². The molecule has 0 saturated carbocycles. The molecule has 9 heteroatoms. The monoisotopic (exact) mass is 520 g/mol. The van der Waals surface area contributed by atoms with Crippen molar-refractivity contribution in [3.8, 4) is 16.9 Å².